The van der Waals surface area contributed by atoms with Gasteiger partial charge in [-0.2, -0.15) is 0 Å². The number of rotatable bonds is 10. The number of ether oxygens (including phenoxy) is 1. The highest BCUT2D eigenvalue weighted by Crippen LogP contribution is 2.35. The average Bonchev–Trinajstić information content (AvgIpc) is 3.45. The number of likely N-dealkylation sites (tertiary alicyclic amines) is 1. The van der Waals surface area contributed by atoms with Crippen molar-refractivity contribution in [2.24, 2.45) is 0 Å². The summed E-state index contributed by atoms with van der Waals surface area (Å²) in [7, 11) is 1.65. The van der Waals surface area contributed by atoms with E-state index in [1.807, 2.05) is 40.7 Å². The minimum absolute atomic E-state index is 0.0636. The molecule has 3 unspecified atom stereocenters. The molecule has 2 aromatic rings. The van der Waals surface area contributed by atoms with Gasteiger partial charge in [0.1, 0.15) is 17.0 Å². The van der Waals surface area contributed by atoms with Crippen molar-refractivity contribution in [1.29, 1.82) is 0 Å². The smallest absolute Gasteiger partial charge is 0.271 e. The van der Waals surface area contributed by atoms with Crippen LogP contribution in [0.3, 0.4) is 0 Å². The van der Waals surface area contributed by atoms with Crippen molar-refractivity contribution in [3.63, 3.8) is 0 Å². The molecular formula is C28H42N4O3. The van der Waals surface area contributed by atoms with Gasteiger partial charge in [-0.05, 0) is 64.4 Å². The van der Waals surface area contributed by atoms with Crippen LogP contribution in [0.5, 0.6) is 5.75 Å². The quantitative estimate of drug-likeness (QED) is 0.509. The predicted octanol–water partition coefficient (Wildman–Crippen LogP) is 4.43. The largest absolute Gasteiger partial charge is 0.497 e. The monoisotopic (exact) mass is 482 g/mol. The van der Waals surface area contributed by atoms with Gasteiger partial charge in [0.05, 0.1) is 19.2 Å². The lowest BCUT2D eigenvalue weighted by Gasteiger charge is -2.46. The number of benzene rings is 1. The molecule has 2 aliphatic rings. The van der Waals surface area contributed by atoms with Crippen LogP contribution in [0.4, 0.5) is 0 Å². The lowest BCUT2D eigenvalue weighted by Crippen LogP contribution is -2.66. The maximum Gasteiger partial charge on any atom is 0.271 e. The van der Waals surface area contributed by atoms with Crippen molar-refractivity contribution < 1.29 is 14.3 Å². The number of nitrogens with one attached hydrogen (secondary N) is 1. The fraction of sp³-hybridized carbons (Fsp3) is 0.643. The second-order valence-electron chi connectivity index (χ2n) is 10.5. The molecule has 0 radical (unpaired) electrons. The molecule has 0 bridgehead atoms. The minimum atomic E-state index is -0.972. The highest BCUT2D eigenvalue weighted by molar-refractivity contribution is 6.03. The Kier molecular flexibility index (Phi) is 7.74. The van der Waals surface area contributed by atoms with Crippen LogP contribution in [-0.4, -0.2) is 70.5 Å². The topological polar surface area (TPSA) is 66.8 Å². The number of amides is 2. The number of nitrogens with zero attached hydrogens (tertiary/aromatic N) is 3. The van der Waals surface area contributed by atoms with Gasteiger partial charge in [0.15, 0.2) is 0 Å². The van der Waals surface area contributed by atoms with Crippen LogP contribution in [0.2, 0.25) is 0 Å². The summed E-state index contributed by atoms with van der Waals surface area (Å²) in [6.07, 6.45) is 6.56. The molecule has 1 aromatic carbocycles. The zero-order valence-electron chi connectivity index (χ0n) is 22.1. The standard InChI is InChI=1S/C28H42N4O3/c1-6-8-9-11-20(3)29-27(34)28(4)19-31-24-17-23(35-5)14-13-21(24)16-25(31)26(33)32(28)18-22-12-10-15-30(22)7-2/h13-14,16-17,20,22H,6-12,15,18-19H2,1-5H3,(H,29,34). The number of aromatic nitrogens is 1. The third-order valence-electron chi connectivity index (χ3n) is 8.04. The Morgan fingerprint density at radius 2 is 2.06 bits per heavy atom. The van der Waals surface area contributed by atoms with Crippen molar-refractivity contribution in [2.75, 3.05) is 26.7 Å². The Balaban J connectivity index is 1.69. The van der Waals surface area contributed by atoms with E-state index in [0.29, 0.717) is 18.8 Å². The van der Waals surface area contributed by atoms with E-state index in [-0.39, 0.29) is 23.9 Å². The van der Waals surface area contributed by atoms with Crippen LogP contribution in [0.25, 0.3) is 10.9 Å². The first-order chi connectivity index (χ1) is 16.8. The number of fused-ring (bicyclic) bond motifs is 3. The Labute approximate surface area is 209 Å². The molecular weight excluding hydrogens is 440 g/mol. The van der Waals surface area contributed by atoms with E-state index in [1.165, 1.54) is 0 Å². The number of hydrogen-bond acceptors (Lipinski definition) is 4. The normalized spacial score (nSPS) is 23.5. The summed E-state index contributed by atoms with van der Waals surface area (Å²) in [4.78, 5) is 32.2. The van der Waals surface area contributed by atoms with E-state index >= 15 is 0 Å². The second-order valence-corrected chi connectivity index (χ2v) is 10.5. The van der Waals surface area contributed by atoms with Gasteiger partial charge < -0.3 is 19.5 Å². The van der Waals surface area contributed by atoms with Crippen LogP contribution in [-0.2, 0) is 11.3 Å². The molecule has 7 nitrogen and oxygen atoms in total. The lowest BCUT2D eigenvalue weighted by atomic mass is 9.93. The van der Waals surface area contributed by atoms with E-state index < -0.39 is 5.54 Å². The lowest BCUT2D eigenvalue weighted by molar-refractivity contribution is -0.133. The van der Waals surface area contributed by atoms with Crippen LogP contribution < -0.4 is 10.1 Å². The Morgan fingerprint density at radius 1 is 1.26 bits per heavy atom. The summed E-state index contributed by atoms with van der Waals surface area (Å²) in [6, 6.07) is 8.18. The van der Waals surface area contributed by atoms with Crippen molar-refractivity contribution in [3.8, 4) is 5.75 Å². The molecule has 3 atom stereocenters. The zero-order chi connectivity index (χ0) is 25.2. The summed E-state index contributed by atoms with van der Waals surface area (Å²) in [5.41, 5.74) is 0.606. The van der Waals surface area contributed by atoms with Gasteiger partial charge >= 0.3 is 0 Å². The molecule has 7 heteroatoms. The maximum absolute atomic E-state index is 14.0. The van der Waals surface area contributed by atoms with Crippen LogP contribution in [0.1, 0.15) is 76.7 Å². The first-order valence-electron chi connectivity index (χ1n) is 13.4. The fourth-order valence-corrected chi connectivity index (χ4v) is 5.82. The minimum Gasteiger partial charge on any atom is -0.497 e. The summed E-state index contributed by atoms with van der Waals surface area (Å²) < 4.78 is 7.47. The Bertz CT molecular complexity index is 1060. The number of hydrogen-bond donors (Lipinski definition) is 1. The Morgan fingerprint density at radius 3 is 2.77 bits per heavy atom. The van der Waals surface area contributed by atoms with Gasteiger partial charge in [0.2, 0.25) is 5.91 Å². The first-order valence-corrected chi connectivity index (χ1v) is 13.4. The molecule has 35 heavy (non-hydrogen) atoms. The third-order valence-corrected chi connectivity index (χ3v) is 8.04. The van der Waals surface area contributed by atoms with Gasteiger partial charge in [-0.1, -0.05) is 33.1 Å². The van der Waals surface area contributed by atoms with E-state index in [9.17, 15) is 9.59 Å². The van der Waals surface area contributed by atoms with Crippen molar-refractivity contribution in [2.45, 2.75) is 90.4 Å². The second kappa shape index (κ2) is 10.6. The summed E-state index contributed by atoms with van der Waals surface area (Å²) in [5.74, 6) is 0.616. The highest BCUT2D eigenvalue weighted by atomic mass is 16.5. The van der Waals surface area contributed by atoms with Crippen molar-refractivity contribution in [3.05, 3.63) is 30.0 Å². The van der Waals surface area contributed by atoms with Crippen LogP contribution in [0, 0.1) is 0 Å². The van der Waals surface area contributed by atoms with Gasteiger partial charge in [-0.15, -0.1) is 0 Å². The summed E-state index contributed by atoms with van der Waals surface area (Å²) in [5, 5.41) is 4.25. The molecule has 1 fully saturated rings. The summed E-state index contributed by atoms with van der Waals surface area (Å²) in [6.45, 7) is 11.4. The fourth-order valence-electron chi connectivity index (χ4n) is 5.82. The number of likely N-dealkylation sites (N-methyl/N-ethyl adjacent to an activating group) is 1. The number of unbranched alkanes of at least 4 members (excludes halogenated alkanes) is 2. The first kappa shape index (κ1) is 25.5. The molecule has 1 N–H and O–H groups in total. The molecule has 192 valence electrons. The molecule has 4 rings (SSSR count). The molecule has 0 saturated carbocycles. The van der Waals surface area contributed by atoms with E-state index in [4.69, 9.17) is 4.74 Å². The number of carbonyl (C=O) groups excluding carboxylic acids is 2. The van der Waals surface area contributed by atoms with Crippen LogP contribution >= 0.6 is 0 Å². The molecule has 0 aliphatic carbocycles. The van der Waals surface area contributed by atoms with Crippen molar-refractivity contribution in [1.82, 2.24) is 19.7 Å². The number of carbonyl (C=O) groups is 2. The van der Waals surface area contributed by atoms with Gasteiger partial charge in [0.25, 0.3) is 5.91 Å². The van der Waals surface area contributed by atoms with E-state index in [1.54, 1.807) is 7.11 Å². The molecule has 2 amide bonds. The van der Waals surface area contributed by atoms with E-state index in [0.717, 1.165) is 68.3 Å². The molecule has 1 saturated heterocycles. The molecule has 3 heterocycles. The third kappa shape index (κ3) is 4.92. The molecule has 1 aromatic heterocycles. The van der Waals surface area contributed by atoms with Gasteiger partial charge in [-0.25, -0.2) is 0 Å². The average molecular weight is 483 g/mol. The molecule has 0 spiro atoms. The van der Waals surface area contributed by atoms with Gasteiger partial charge in [-0.3, -0.25) is 14.5 Å². The van der Waals surface area contributed by atoms with Crippen LogP contribution in [0.15, 0.2) is 24.3 Å². The van der Waals surface area contributed by atoms with Crippen molar-refractivity contribution >= 4 is 22.7 Å². The Hall–Kier alpha value is -2.54. The maximum atomic E-state index is 14.0. The summed E-state index contributed by atoms with van der Waals surface area (Å²) >= 11 is 0. The highest BCUT2D eigenvalue weighted by Gasteiger charge is 2.49. The SMILES string of the molecule is CCCCCC(C)NC(=O)C1(C)Cn2c(cc3ccc(OC)cc32)C(=O)N1CC1CCCN1CC. The molecule has 2 aliphatic heterocycles. The van der Waals surface area contributed by atoms with Gasteiger partial charge in [0, 0.05) is 30.1 Å². The van der Waals surface area contributed by atoms with E-state index in [2.05, 4.69) is 31.0 Å². The zero-order valence-corrected chi connectivity index (χ0v) is 22.1. The predicted molar refractivity (Wildman–Crippen MR) is 140 cm³/mol. The number of methoxy groups -OCH3 is 1.